The van der Waals surface area contributed by atoms with Crippen molar-refractivity contribution in [2.45, 2.75) is 17.9 Å². The number of fused-ring (bicyclic) bond motifs is 1. The highest BCUT2D eigenvalue weighted by molar-refractivity contribution is 7.92. The van der Waals surface area contributed by atoms with E-state index in [0.717, 1.165) is 16.9 Å². The molecule has 1 N–H and O–H groups in total. The van der Waals surface area contributed by atoms with Crippen LogP contribution in [0.4, 0.5) is 5.69 Å². The highest BCUT2D eigenvalue weighted by Gasteiger charge is 2.31. The van der Waals surface area contributed by atoms with Gasteiger partial charge in [0.25, 0.3) is 15.9 Å². The lowest BCUT2D eigenvalue weighted by molar-refractivity contribution is 0.0951. The molecule has 0 saturated heterocycles. The maximum Gasteiger partial charge on any atom is 0.264 e. The Kier molecular flexibility index (Phi) is 5.89. The third-order valence-electron chi connectivity index (χ3n) is 5.21. The highest BCUT2D eigenvalue weighted by Crippen LogP contribution is 2.33. The molecule has 3 aromatic carbocycles. The number of benzene rings is 3. The van der Waals surface area contributed by atoms with Gasteiger partial charge in [-0.05, 0) is 72.1 Å². The molecule has 1 amide bonds. The molecule has 1 heterocycles. The van der Waals surface area contributed by atoms with E-state index in [0.29, 0.717) is 35.8 Å². The summed E-state index contributed by atoms with van der Waals surface area (Å²) in [5.74, 6) is 0.546. The zero-order valence-corrected chi connectivity index (χ0v) is 18.4. The number of carbonyl (C=O) groups excluding carboxylic acids is 1. The molecule has 6 nitrogen and oxygen atoms in total. The lowest BCUT2D eigenvalue weighted by Crippen LogP contribution is -2.29. The molecule has 0 atom stereocenters. The predicted molar refractivity (Wildman–Crippen MR) is 120 cm³/mol. The number of carbonyl (C=O) groups is 1. The number of nitrogens with one attached hydrogen (secondary N) is 1. The molecule has 0 spiro atoms. The molecule has 8 heteroatoms. The van der Waals surface area contributed by atoms with Crippen LogP contribution in [0.15, 0.2) is 71.6 Å². The van der Waals surface area contributed by atoms with Gasteiger partial charge in [-0.2, -0.15) is 0 Å². The highest BCUT2D eigenvalue weighted by atomic mass is 35.5. The van der Waals surface area contributed by atoms with E-state index in [4.69, 9.17) is 16.3 Å². The van der Waals surface area contributed by atoms with Crippen LogP contribution >= 0.6 is 11.6 Å². The van der Waals surface area contributed by atoms with Crippen molar-refractivity contribution < 1.29 is 17.9 Å². The molecule has 0 aromatic heterocycles. The zero-order valence-electron chi connectivity index (χ0n) is 16.8. The third kappa shape index (κ3) is 4.38. The van der Waals surface area contributed by atoms with Crippen molar-refractivity contribution in [2.75, 3.05) is 18.0 Å². The Morgan fingerprint density at radius 2 is 1.77 bits per heavy atom. The van der Waals surface area contributed by atoms with Gasteiger partial charge in [0.15, 0.2) is 0 Å². The van der Waals surface area contributed by atoms with E-state index in [1.165, 1.54) is 16.4 Å². The number of nitrogens with zero attached hydrogens (tertiary/aromatic N) is 1. The second-order valence-electron chi connectivity index (χ2n) is 7.16. The lowest BCUT2D eigenvalue weighted by atomic mass is 10.1. The number of sulfonamides is 1. The SMILES string of the molecule is COc1ccc(CNC(=O)c2ccc3c(c2)CCN3S(=O)(=O)c2ccc(Cl)cc2)cc1. The molecular weight excluding hydrogens is 436 g/mol. The van der Waals surface area contributed by atoms with Crippen molar-refractivity contribution in [2.24, 2.45) is 0 Å². The maximum absolute atomic E-state index is 13.0. The maximum atomic E-state index is 13.0. The van der Waals surface area contributed by atoms with Crippen molar-refractivity contribution in [3.8, 4) is 5.75 Å². The number of ether oxygens (including phenoxy) is 1. The molecule has 4 rings (SSSR count). The lowest BCUT2D eigenvalue weighted by Gasteiger charge is -2.19. The molecule has 1 aliphatic heterocycles. The van der Waals surface area contributed by atoms with E-state index >= 15 is 0 Å². The number of halogens is 1. The second kappa shape index (κ2) is 8.61. The molecule has 0 fully saturated rings. The van der Waals surface area contributed by atoms with Gasteiger partial charge in [-0.25, -0.2) is 8.42 Å². The first-order valence-corrected chi connectivity index (χ1v) is 11.5. The minimum absolute atomic E-state index is 0.186. The number of methoxy groups -OCH3 is 1. The van der Waals surface area contributed by atoms with Crippen LogP contribution in [0.3, 0.4) is 0 Å². The number of amides is 1. The average Bonchev–Trinajstić information content (AvgIpc) is 3.22. The summed E-state index contributed by atoms with van der Waals surface area (Å²) in [6, 6.07) is 18.7. The Balaban J connectivity index is 1.48. The Labute approximate surface area is 186 Å². The fourth-order valence-electron chi connectivity index (χ4n) is 3.52. The summed E-state index contributed by atoms with van der Waals surface area (Å²) < 4.78 is 32.6. The van der Waals surface area contributed by atoms with E-state index in [2.05, 4.69) is 5.32 Å². The molecular formula is C23H21ClN2O4S. The number of anilines is 1. The van der Waals surface area contributed by atoms with Crippen molar-refractivity contribution in [3.63, 3.8) is 0 Å². The summed E-state index contributed by atoms with van der Waals surface area (Å²) in [5.41, 5.74) is 2.88. The summed E-state index contributed by atoms with van der Waals surface area (Å²) in [7, 11) is -2.09. The minimum Gasteiger partial charge on any atom is -0.497 e. The van der Waals surface area contributed by atoms with Crippen molar-refractivity contribution in [1.82, 2.24) is 5.32 Å². The molecule has 1 aliphatic rings. The number of hydrogen-bond donors (Lipinski definition) is 1. The van der Waals surface area contributed by atoms with Gasteiger partial charge < -0.3 is 10.1 Å². The zero-order chi connectivity index (χ0) is 22.0. The first-order valence-electron chi connectivity index (χ1n) is 9.71. The molecule has 0 unspecified atom stereocenters. The topological polar surface area (TPSA) is 75.7 Å². The fourth-order valence-corrected chi connectivity index (χ4v) is 5.15. The van der Waals surface area contributed by atoms with E-state index < -0.39 is 10.0 Å². The summed E-state index contributed by atoms with van der Waals surface area (Å²) >= 11 is 5.88. The Bertz CT molecular complexity index is 1210. The van der Waals surface area contributed by atoms with Crippen LogP contribution < -0.4 is 14.4 Å². The van der Waals surface area contributed by atoms with Gasteiger partial charge in [0.2, 0.25) is 0 Å². The van der Waals surface area contributed by atoms with Gasteiger partial charge in [-0.3, -0.25) is 9.10 Å². The van der Waals surface area contributed by atoms with Crippen LogP contribution in [-0.2, 0) is 23.0 Å². The quantitative estimate of drug-likeness (QED) is 0.607. The van der Waals surface area contributed by atoms with E-state index in [1.54, 1.807) is 37.4 Å². The monoisotopic (exact) mass is 456 g/mol. The van der Waals surface area contributed by atoms with Crippen molar-refractivity contribution >= 4 is 33.2 Å². The molecule has 31 heavy (non-hydrogen) atoms. The van der Waals surface area contributed by atoms with Crippen LogP contribution in [0, 0.1) is 0 Å². The molecule has 160 valence electrons. The van der Waals surface area contributed by atoms with Gasteiger partial charge in [0.05, 0.1) is 17.7 Å². The Hall–Kier alpha value is -3.03. The van der Waals surface area contributed by atoms with Gasteiger partial charge in [-0.15, -0.1) is 0 Å². The Morgan fingerprint density at radius 1 is 1.06 bits per heavy atom. The predicted octanol–water partition coefficient (Wildman–Crippen LogP) is 4.03. The largest absolute Gasteiger partial charge is 0.497 e. The van der Waals surface area contributed by atoms with Crippen LogP contribution in [-0.4, -0.2) is 28.0 Å². The standard InChI is InChI=1S/C23H21ClN2O4S/c1-30-20-7-2-16(3-8-20)15-25-23(27)18-4-11-22-17(14-18)12-13-26(22)31(28,29)21-9-5-19(24)6-10-21/h2-11,14H,12-13,15H2,1H3,(H,25,27). The number of rotatable bonds is 6. The van der Waals surface area contributed by atoms with Crippen LogP contribution in [0.25, 0.3) is 0 Å². The first-order chi connectivity index (χ1) is 14.9. The summed E-state index contributed by atoms with van der Waals surface area (Å²) in [4.78, 5) is 12.8. The third-order valence-corrected chi connectivity index (χ3v) is 7.29. The van der Waals surface area contributed by atoms with Crippen LogP contribution in [0.1, 0.15) is 21.5 Å². The molecule has 3 aromatic rings. The minimum atomic E-state index is -3.69. The summed E-state index contributed by atoms with van der Waals surface area (Å²) in [6.45, 7) is 0.716. The fraction of sp³-hybridized carbons (Fsp3) is 0.174. The van der Waals surface area contributed by atoms with Crippen molar-refractivity contribution in [1.29, 1.82) is 0 Å². The van der Waals surface area contributed by atoms with Gasteiger partial charge >= 0.3 is 0 Å². The van der Waals surface area contributed by atoms with Crippen molar-refractivity contribution in [3.05, 3.63) is 88.4 Å². The van der Waals surface area contributed by atoms with Crippen LogP contribution in [0.5, 0.6) is 5.75 Å². The Morgan fingerprint density at radius 3 is 2.45 bits per heavy atom. The molecule has 0 aliphatic carbocycles. The molecule has 0 radical (unpaired) electrons. The van der Waals surface area contributed by atoms with E-state index in [-0.39, 0.29) is 10.8 Å². The first kappa shape index (κ1) is 21.2. The summed E-state index contributed by atoms with van der Waals surface area (Å²) in [5, 5.41) is 3.37. The molecule has 0 bridgehead atoms. The normalized spacial score (nSPS) is 13.0. The van der Waals surface area contributed by atoms with Crippen LogP contribution in [0.2, 0.25) is 5.02 Å². The average molecular weight is 457 g/mol. The van der Waals surface area contributed by atoms with E-state index in [1.807, 2.05) is 24.3 Å². The smallest absolute Gasteiger partial charge is 0.264 e. The molecule has 0 saturated carbocycles. The second-order valence-corrected chi connectivity index (χ2v) is 9.45. The van der Waals surface area contributed by atoms with Gasteiger partial charge in [0, 0.05) is 23.7 Å². The van der Waals surface area contributed by atoms with Gasteiger partial charge in [0.1, 0.15) is 5.75 Å². The van der Waals surface area contributed by atoms with E-state index in [9.17, 15) is 13.2 Å². The summed E-state index contributed by atoms with van der Waals surface area (Å²) in [6.07, 6.45) is 0.543. The number of hydrogen-bond acceptors (Lipinski definition) is 4. The van der Waals surface area contributed by atoms with Gasteiger partial charge in [-0.1, -0.05) is 23.7 Å².